The number of hydrogen-bond acceptors (Lipinski definition) is 6. The molecule has 0 spiro atoms. The molecule has 1 aromatic heterocycles. The summed E-state index contributed by atoms with van der Waals surface area (Å²) in [5.74, 6) is -1.29. The van der Waals surface area contributed by atoms with E-state index in [1.165, 1.54) is 7.11 Å². The third kappa shape index (κ3) is 3.64. The number of ether oxygens (including phenoxy) is 1. The first-order valence-electron chi connectivity index (χ1n) is 5.76. The highest BCUT2D eigenvalue weighted by Gasteiger charge is 2.35. The lowest BCUT2D eigenvalue weighted by Crippen LogP contribution is -2.10. The number of hydrogen-bond donors (Lipinski definition) is 2. The van der Waals surface area contributed by atoms with Gasteiger partial charge in [0, 0.05) is 10.9 Å². The van der Waals surface area contributed by atoms with Crippen LogP contribution in [0.15, 0.2) is 22.6 Å². The van der Waals surface area contributed by atoms with Gasteiger partial charge < -0.3 is 10.5 Å². The van der Waals surface area contributed by atoms with E-state index in [0.29, 0.717) is 11.2 Å². The number of rotatable bonds is 4. The first kappa shape index (κ1) is 16.0. The van der Waals surface area contributed by atoms with Crippen molar-refractivity contribution in [2.45, 2.75) is 6.18 Å². The molecule has 5 nitrogen and oxygen atoms in total. The van der Waals surface area contributed by atoms with Gasteiger partial charge in [-0.25, -0.2) is 9.37 Å². The Hall–Kier alpha value is -2.36. The first-order valence-corrected chi connectivity index (χ1v) is 6.64. The standard InChI is InChI=1S/C12H10F4N4OS/c1-21-7-2-6(10(13)8(3-7)12(14,15)16)4-18-20-11-19-9(17)5-22-11/h2-5H,17H2,1H3,(H,19,20). The van der Waals surface area contributed by atoms with Gasteiger partial charge in [0.1, 0.15) is 17.4 Å². The molecular formula is C12H10F4N4OS. The third-order valence-corrected chi connectivity index (χ3v) is 3.27. The molecule has 0 aliphatic rings. The van der Waals surface area contributed by atoms with Gasteiger partial charge in [0.05, 0.1) is 18.9 Å². The maximum absolute atomic E-state index is 13.9. The second kappa shape index (κ2) is 6.18. The van der Waals surface area contributed by atoms with Crippen molar-refractivity contribution in [1.29, 1.82) is 0 Å². The van der Waals surface area contributed by atoms with E-state index in [4.69, 9.17) is 10.5 Å². The highest BCUT2D eigenvalue weighted by atomic mass is 32.1. The van der Waals surface area contributed by atoms with Crippen LogP contribution in [0.25, 0.3) is 0 Å². The van der Waals surface area contributed by atoms with Crippen LogP contribution >= 0.6 is 11.3 Å². The Bertz CT molecular complexity index is 699. The molecule has 0 saturated carbocycles. The van der Waals surface area contributed by atoms with Crippen molar-refractivity contribution in [3.8, 4) is 5.75 Å². The zero-order chi connectivity index (χ0) is 16.3. The summed E-state index contributed by atoms with van der Waals surface area (Å²) in [5.41, 5.74) is 6.05. The Labute approximate surface area is 126 Å². The number of alkyl halides is 3. The maximum Gasteiger partial charge on any atom is 0.419 e. The fraction of sp³-hybridized carbons (Fsp3) is 0.167. The highest BCUT2D eigenvalue weighted by Crippen LogP contribution is 2.35. The van der Waals surface area contributed by atoms with Crippen LogP contribution < -0.4 is 15.9 Å². The van der Waals surface area contributed by atoms with Crippen molar-refractivity contribution in [2.75, 3.05) is 18.3 Å². The monoisotopic (exact) mass is 334 g/mol. The van der Waals surface area contributed by atoms with Crippen molar-refractivity contribution in [3.63, 3.8) is 0 Å². The summed E-state index contributed by atoms with van der Waals surface area (Å²) in [4.78, 5) is 3.83. The Kier molecular flexibility index (Phi) is 4.50. The van der Waals surface area contributed by atoms with Gasteiger partial charge in [-0.3, -0.25) is 5.43 Å². The number of aromatic nitrogens is 1. The molecule has 2 rings (SSSR count). The highest BCUT2D eigenvalue weighted by molar-refractivity contribution is 7.14. The Morgan fingerprint density at radius 2 is 2.14 bits per heavy atom. The molecule has 118 valence electrons. The summed E-state index contributed by atoms with van der Waals surface area (Å²) < 4.78 is 56.9. The molecule has 2 aromatic rings. The fourth-order valence-corrected chi connectivity index (χ4v) is 2.08. The maximum atomic E-state index is 13.9. The summed E-state index contributed by atoms with van der Waals surface area (Å²) in [6.45, 7) is 0. The molecule has 0 radical (unpaired) electrons. The minimum Gasteiger partial charge on any atom is -0.497 e. The van der Waals surface area contributed by atoms with E-state index in [9.17, 15) is 17.6 Å². The van der Waals surface area contributed by atoms with E-state index in [1.807, 2.05) is 0 Å². The summed E-state index contributed by atoms with van der Waals surface area (Å²) in [7, 11) is 1.19. The van der Waals surface area contributed by atoms with Crippen LogP contribution in [0.5, 0.6) is 5.75 Å². The number of nitrogens with one attached hydrogen (secondary N) is 1. The summed E-state index contributed by atoms with van der Waals surface area (Å²) in [6.07, 6.45) is -3.93. The predicted molar refractivity (Wildman–Crippen MR) is 75.7 cm³/mol. The van der Waals surface area contributed by atoms with Gasteiger partial charge in [-0.05, 0) is 12.1 Å². The van der Waals surface area contributed by atoms with Crippen molar-refractivity contribution < 1.29 is 22.3 Å². The molecule has 0 aliphatic carbocycles. The lowest BCUT2D eigenvalue weighted by Gasteiger charge is -2.11. The van der Waals surface area contributed by atoms with E-state index in [-0.39, 0.29) is 17.1 Å². The number of nitrogen functional groups attached to an aromatic ring is 1. The first-order chi connectivity index (χ1) is 10.3. The molecule has 10 heteroatoms. The van der Waals surface area contributed by atoms with Crippen molar-refractivity contribution in [1.82, 2.24) is 4.98 Å². The zero-order valence-corrected chi connectivity index (χ0v) is 11.9. The topological polar surface area (TPSA) is 72.5 Å². The summed E-state index contributed by atoms with van der Waals surface area (Å²) >= 11 is 1.14. The van der Waals surface area contributed by atoms with Crippen LogP contribution in [0.1, 0.15) is 11.1 Å². The minimum absolute atomic E-state index is 0.131. The second-order valence-electron chi connectivity index (χ2n) is 4.02. The largest absolute Gasteiger partial charge is 0.497 e. The lowest BCUT2D eigenvalue weighted by atomic mass is 10.1. The normalized spacial score (nSPS) is 11.9. The number of halogens is 4. The van der Waals surface area contributed by atoms with E-state index >= 15 is 0 Å². The van der Waals surface area contributed by atoms with Gasteiger partial charge in [0.2, 0.25) is 5.13 Å². The third-order valence-electron chi connectivity index (χ3n) is 2.50. The number of benzene rings is 1. The van der Waals surface area contributed by atoms with Gasteiger partial charge >= 0.3 is 6.18 Å². The van der Waals surface area contributed by atoms with Crippen molar-refractivity contribution in [2.24, 2.45) is 5.10 Å². The van der Waals surface area contributed by atoms with Crippen LogP contribution in [-0.4, -0.2) is 18.3 Å². The predicted octanol–water partition coefficient (Wildman–Crippen LogP) is 3.34. The SMILES string of the molecule is COc1cc(C=NNc2nc(N)cs2)c(F)c(C(F)(F)F)c1. The zero-order valence-electron chi connectivity index (χ0n) is 11.1. The quantitative estimate of drug-likeness (QED) is 0.511. The molecule has 1 aromatic carbocycles. The number of anilines is 2. The summed E-state index contributed by atoms with van der Waals surface area (Å²) in [6, 6.07) is 1.69. The minimum atomic E-state index is -4.83. The molecule has 1 heterocycles. The Balaban J connectivity index is 2.29. The molecule has 3 N–H and O–H groups in total. The second-order valence-corrected chi connectivity index (χ2v) is 4.88. The van der Waals surface area contributed by atoms with Crippen LogP contribution in [0.3, 0.4) is 0 Å². The van der Waals surface area contributed by atoms with Crippen LogP contribution in [0.4, 0.5) is 28.5 Å². The molecule has 0 amide bonds. The molecule has 0 fully saturated rings. The molecule has 0 atom stereocenters. The average molecular weight is 334 g/mol. The molecule has 22 heavy (non-hydrogen) atoms. The molecule has 0 saturated heterocycles. The van der Waals surface area contributed by atoms with E-state index in [1.54, 1.807) is 5.38 Å². The molecule has 0 bridgehead atoms. The van der Waals surface area contributed by atoms with E-state index in [0.717, 1.165) is 23.6 Å². The number of hydrazone groups is 1. The van der Waals surface area contributed by atoms with Gasteiger partial charge in [-0.1, -0.05) is 0 Å². The van der Waals surface area contributed by atoms with Crippen LogP contribution in [0.2, 0.25) is 0 Å². The van der Waals surface area contributed by atoms with Crippen molar-refractivity contribution in [3.05, 3.63) is 34.5 Å². The van der Waals surface area contributed by atoms with E-state index < -0.39 is 17.6 Å². The van der Waals surface area contributed by atoms with Gasteiger partial charge in [0.25, 0.3) is 0 Å². The van der Waals surface area contributed by atoms with Gasteiger partial charge in [0.15, 0.2) is 0 Å². The Morgan fingerprint density at radius 3 is 2.68 bits per heavy atom. The van der Waals surface area contributed by atoms with E-state index in [2.05, 4.69) is 15.5 Å². The molecule has 0 unspecified atom stereocenters. The molecule has 0 aliphatic heterocycles. The fourth-order valence-electron chi connectivity index (χ4n) is 1.53. The lowest BCUT2D eigenvalue weighted by molar-refractivity contribution is -0.140. The number of methoxy groups -OCH3 is 1. The van der Waals surface area contributed by atoms with Crippen molar-refractivity contribution >= 4 is 28.5 Å². The van der Waals surface area contributed by atoms with Gasteiger partial charge in [-0.15, -0.1) is 11.3 Å². The van der Waals surface area contributed by atoms with Crippen LogP contribution in [0, 0.1) is 5.82 Å². The molecular weight excluding hydrogens is 324 g/mol. The number of nitrogens with two attached hydrogens (primary N) is 1. The average Bonchev–Trinajstić information content (AvgIpc) is 2.85. The Morgan fingerprint density at radius 1 is 1.41 bits per heavy atom. The number of thiazole rings is 1. The van der Waals surface area contributed by atoms with Crippen LogP contribution in [-0.2, 0) is 6.18 Å². The van der Waals surface area contributed by atoms with Gasteiger partial charge in [-0.2, -0.15) is 18.3 Å². The smallest absolute Gasteiger partial charge is 0.419 e. The number of nitrogens with zero attached hydrogens (tertiary/aromatic N) is 2. The summed E-state index contributed by atoms with van der Waals surface area (Å²) in [5, 5.41) is 5.51.